The number of halogens is 1. The molecule has 4 aromatic carbocycles. The quantitative estimate of drug-likeness (QED) is 0.214. The van der Waals surface area contributed by atoms with Gasteiger partial charge in [0.2, 0.25) is 0 Å². The van der Waals surface area contributed by atoms with Crippen molar-refractivity contribution in [2.24, 2.45) is 0 Å². The average Bonchev–Trinajstić information content (AvgIpc) is 2.97. The van der Waals surface area contributed by atoms with E-state index in [2.05, 4.69) is 24.3 Å². The number of amides is 1. The topological polar surface area (TPSA) is 66.8 Å². The first kappa shape index (κ1) is 27.6. The Morgan fingerprint density at radius 2 is 1.38 bits per heavy atom. The summed E-state index contributed by atoms with van der Waals surface area (Å²) in [6.45, 7) is 0.481. The number of aliphatic carboxylic acids is 1. The van der Waals surface area contributed by atoms with E-state index in [0.717, 1.165) is 12.0 Å². The minimum atomic E-state index is -1.17. The summed E-state index contributed by atoms with van der Waals surface area (Å²) in [4.78, 5) is 26.2. The number of hydrogen-bond donors (Lipinski definition) is 1. The molecule has 0 spiro atoms. The van der Waals surface area contributed by atoms with Gasteiger partial charge in [0.05, 0.1) is 0 Å². The number of nitrogens with zero attached hydrogens (tertiary/aromatic N) is 1. The molecule has 0 aromatic heterocycles. The summed E-state index contributed by atoms with van der Waals surface area (Å²) >= 11 is 0. The first-order valence-corrected chi connectivity index (χ1v) is 13.1. The van der Waals surface area contributed by atoms with E-state index >= 15 is 0 Å². The number of carboxylic acids is 1. The van der Waals surface area contributed by atoms with E-state index in [1.165, 1.54) is 23.3 Å². The monoisotopic (exact) mass is 525 g/mol. The lowest BCUT2D eigenvalue weighted by atomic mass is 9.88. The Bertz CT molecular complexity index is 1310. The molecule has 200 valence electrons. The second-order valence-corrected chi connectivity index (χ2v) is 9.37. The van der Waals surface area contributed by atoms with Crippen molar-refractivity contribution in [3.05, 3.63) is 137 Å². The summed E-state index contributed by atoms with van der Waals surface area (Å²) in [6.07, 6.45) is 2.00. The number of benzene rings is 4. The van der Waals surface area contributed by atoms with Crippen molar-refractivity contribution in [2.45, 2.75) is 25.2 Å². The van der Waals surface area contributed by atoms with Crippen LogP contribution in [0.15, 0.2) is 109 Å². The molecule has 0 saturated carbocycles. The number of aryl methyl sites for hydroxylation is 1. The largest absolute Gasteiger partial charge is 0.479 e. The van der Waals surface area contributed by atoms with E-state index in [0.29, 0.717) is 31.5 Å². The van der Waals surface area contributed by atoms with E-state index in [1.54, 1.807) is 6.07 Å². The second-order valence-electron chi connectivity index (χ2n) is 9.37. The van der Waals surface area contributed by atoms with E-state index in [4.69, 9.17) is 9.84 Å². The minimum Gasteiger partial charge on any atom is -0.479 e. The second kappa shape index (κ2) is 13.9. The molecule has 39 heavy (non-hydrogen) atoms. The summed E-state index contributed by atoms with van der Waals surface area (Å²) in [5.41, 5.74) is 3.86. The van der Waals surface area contributed by atoms with Crippen LogP contribution in [0.4, 0.5) is 4.39 Å². The Morgan fingerprint density at radius 3 is 1.97 bits per heavy atom. The van der Waals surface area contributed by atoms with Gasteiger partial charge >= 0.3 is 5.97 Å². The van der Waals surface area contributed by atoms with Crippen LogP contribution in [-0.4, -0.2) is 41.6 Å². The first-order chi connectivity index (χ1) is 19.0. The molecule has 1 amide bonds. The Kier molecular flexibility index (Phi) is 9.84. The predicted molar refractivity (Wildman–Crippen MR) is 150 cm³/mol. The number of carboxylic acid groups (broad SMARTS) is 1. The standard InChI is InChI=1S/C33H32FNO4/c34-30-19-18-25(23-31(30)39-24-32(36)37)11-10-21-35(33(38)28-16-8-3-9-17-28)22-20-29(26-12-4-1-5-13-26)27-14-6-2-7-15-27/h1-9,12-19,23,29H,10-11,20-22,24H2,(H,36,37). The van der Waals surface area contributed by atoms with Crippen molar-refractivity contribution in [3.63, 3.8) is 0 Å². The molecule has 0 unspecified atom stereocenters. The molecule has 0 atom stereocenters. The van der Waals surface area contributed by atoms with Crippen molar-refractivity contribution in [1.82, 2.24) is 4.90 Å². The Balaban J connectivity index is 1.48. The smallest absolute Gasteiger partial charge is 0.341 e. The highest BCUT2D eigenvalue weighted by Gasteiger charge is 2.20. The number of rotatable bonds is 13. The van der Waals surface area contributed by atoms with Crippen LogP contribution >= 0.6 is 0 Å². The lowest BCUT2D eigenvalue weighted by Gasteiger charge is -2.26. The molecule has 6 heteroatoms. The molecule has 0 aliphatic rings. The fourth-order valence-electron chi connectivity index (χ4n) is 4.69. The van der Waals surface area contributed by atoms with Gasteiger partial charge in [0, 0.05) is 24.6 Å². The SMILES string of the molecule is O=C(O)COc1cc(CCCN(CCC(c2ccccc2)c2ccccc2)C(=O)c2ccccc2)ccc1F. The summed E-state index contributed by atoms with van der Waals surface area (Å²) in [5.74, 6) is -1.74. The molecule has 0 aliphatic heterocycles. The van der Waals surface area contributed by atoms with Gasteiger partial charge in [-0.15, -0.1) is 0 Å². The van der Waals surface area contributed by atoms with Gasteiger partial charge in [0.15, 0.2) is 18.2 Å². The third kappa shape index (κ3) is 8.01. The van der Waals surface area contributed by atoms with Crippen LogP contribution in [0.2, 0.25) is 0 Å². The lowest BCUT2D eigenvalue weighted by molar-refractivity contribution is -0.139. The van der Waals surface area contributed by atoms with Crippen LogP contribution < -0.4 is 4.74 Å². The predicted octanol–water partition coefficient (Wildman–Crippen LogP) is 6.59. The van der Waals surface area contributed by atoms with Crippen LogP contribution in [0.5, 0.6) is 5.75 Å². The van der Waals surface area contributed by atoms with Crippen molar-refractivity contribution in [3.8, 4) is 5.75 Å². The van der Waals surface area contributed by atoms with Crippen LogP contribution in [-0.2, 0) is 11.2 Å². The average molecular weight is 526 g/mol. The van der Waals surface area contributed by atoms with Crippen molar-refractivity contribution in [1.29, 1.82) is 0 Å². The summed E-state index contributed by atoms with van der Waals surface area (Å²) in [6, 6.07) is 34.4. The molecular formula is C33H32FNO4. The molecule has 4 rings (SSSR count). The molecule has 0 fully saturated rings. The molecular weight excluding hydrogens is 493 g/mol. The summed E-state index contributed by atoms with van der Waals surface area (Å²) < 4.78 is 19.1. The molecule has 0 heterocycles. The summed E-state index contributed by atoms with van der Waals surface area (Å²) in [7, 11) is 0. The van der Waals surface area contributed by atoms with Gasteiger partial charge in [-0.3, -0.25) is 4.79 Å². The summed E-state index contributed by atoms with van der Waals surface area (Å²) in [5, 5.41) is 8.83. The first-order valence-electron chi connectivity index (χ1n) is 13.1. The number of carbonyl (C=O) groups excluding carboxylic acids is 1. The molecule has 1 N–H and O–H groups in total. The highest BCUT2D eigenvalue weighted by atomic mass is 19.1. The third-order valence-electron chi connectivity index (χ3n) is 6.64. The normalized spacial score (nSPS) is 10.8. The Labute approximate surface area is 228 Å². The van der Waals surface area contributed by atoms with Gasteiger partial charge in [-0.25, -0.2) is 9.18 Å². The highest BCUT2D eigenvalue weighted by Crippen LogP contribution is 2.28. The van der Waals surface area contributed by atoms with Crippen LogP contribution in [0.1, 0.15) is 45.8 Å². The van der Waals surface area contributed by atoms with Crippen molar-refractivity contribution in [2.75, 3.05) is 19.7 Å². The van der Waals surface area contributed by atoms with Crippen molar-refractivity contribution < 1.29 is 23.8 Å². The minimum absolute atomic E-state index is 0.0277. The lowest BCUT2D eigenvalue weighted by Crippen LogP contribution is -2.34. The third-order valence-corrected chi connectivity index (χ3v) is 6.64. The van der Waals surface area contributed by atoms with E-state index in [9.17, 15) is 14.0 Å². The molecule has 5 nitrogen and oxygen atoms in total. The number of carbonyl (C=O) groups is 2. The zero-order valence-corrected chi connectivity index (χ0v) is 21.7. The van der Waals surface area contributed by atoms with Gasteiger partial charge in [-0.1, -0.05) is 84.9 Å². The molecule has 0 aliphatic carbocycles. The maximum atomic E-state index is 14.0. The van der Waals surface area contributed by atoms with Gasteiger partial charge in [0.1, 0.15) is 0 Å². The Hall–Kier alpha value is -4.45. The molecule has 0 bridgehead atoms. The fourth-order valence-corrected chi connectivity index (χ4v) is 4.69. The van der Waals surface area contributed by atoms with Gasteiger partial charge in [-0.2, -0.15) is 0 Å². The van der Waals surface area contributed by atoms with Gasteiger partial charge < -0.3 is 14.7 Å². The van der Waals surface area contributed by atoms with E-state index in [1.807, 2.05) is 71.6 Å². The van der Waals surface area contributed by atoms with E-state index in [-0.39, 0.29) is 17.6 Å². The Morgan fingerprint density at radius 1 is 0.795 bits per heavy atom. The van der Waals surface area contributed by atoms with Gasteiger partial charge in [-0.05, 0) is 60.2 Å². The maximum absolute atomic E-state index is 14.0. The van der Waals surface area contributed by atoms with Gasteiger partial charge in [0.25, 0.3) is 5.91 Å². The number of ether oxygens (including phenoxy) is 1. The van der Waals surface area contributed by atoms with Crippen molar-refractivity contribution >= 4 is 11.9 Å². The molecule has 4 aromatic rings. The zero-order valence-electron chi connectivity index (χ0n) is 21.7. The molecule has 0 saturated heterocycles. The van der Waals surface area contributed by atoms with Crippen LogP contribution in [0.3, 0.4) is 0 Å². The van der Waals surface area contributed by atoms with E-state index < -0.39 is 18.4 Å². The van der Waals surface area contributed by atoms with Crippen LogP contribution in [0.25, 0.3) is 0 Å². The van der Waals surface area contributed by atoms with Crippen LogP contribution in [0, 0.1) is 5.82 Å². The zero-order chi connectivity index (χ0) is 27.5. The number of hydrogen-bond acceptors (Lipinski definition) is 3. The maximum Gasteiger partial charge on any atom is 0.341 e. The fraction of sp³-hybridized carbons (Fsp3) is 0.212. The highest BCUT2D eigenvalue weighted by molar-refractivity contribution is 5.94. The molecule has 0 radical (unpaired) electrons.